The van der Waals surface area contributed by atoms with Crippen molar-refractivity contribution in [1.29, 1.82) is 0 Å². The van der Waals surface area contributed by atoms with Crippen LogP contribution in [0.15, 0.2) is 48.5 Å². The SMILES string of the molecule is Cc1ccc2c(c1)CNC(Cc1ccccc1)C2C. The molecule has 0 fully saturated rings. The molecule has 1 nitrogen and oxygen atoms in total. The van der Waals surface area contributed by atoms with Gasteiger partial charge in [0.25, 0.3) is 0 Å². The van der Waals surface area contributed by atoms with Gasteiger partial charge < -0.3 is 5.32 Å². The van der Waals surface area contributed by atoms with Crippen molar-refractivity contribution >= 4 is 0 Å². The summed E-state index contributed by atoms with van der Waals surface area (Å²) in [5.41, 5.74) is 5.76. The minimum absolute atomic E-state index is 0.539. The molecule has 98 valence electrons. The first-order chi connectivity index (χ1) is 9.24. The smallest absolute Gasteiger partial charge is 0.0211 e. The van der Waals surface area contributed by atoms with Crippen LogP contribution in [-0.2, 0) is 13.0 Å². The highest BCUT2D eigenvalue weighted by molar-refractivity contribution is 5.37. The standard InChI is InChI=1S/C18H21N/c1-13-8-9-17-14(2)18(19-12-16(17)10-13)11-15-6-4-3-5-7-15/h3-10,14,18-19H,11-12H2,1-2H3. The van der Waals surface area contributed by atoms with Crippen LogP contribution in [0.3, 0.4) is 0 Å². The summed E-state index contributed by atoms with van der Waals surface area (Å²) in [6.07, 6.45) is 1.11. The number of hydrogen-bond acceptors (Lipinski definition) is 1. The van der Waals surface area contributed by atoms with Crippen LogP contribution in [-0.4, -0.2) is 6.04 Å². The summed E-state index contributed by atoms with van der Waals surface area (Å²) >= 11 is 0. The number of benzene rings is 2. The molecular formula is C18H21N. The predicted octanol–water partition coefficient (Wildman–Crippen LogP) is 3.81. The second-order valence-corrected chi connectivity index (χ2v) is 5.67. The third-order valence-corrected chi connectivity index (χ3v) is 4.25. The summed E-state index contributed by atoms with van der Waals surface area (Å²) in [7, 11) is 0. The van der Waals surface area contributed by atoms with Crippen LogP contribution in [0.25, 0.3) is 0 Å². The van der Waals surface area contributed by atoms with E-state index in [1.165, 1.54) is 22.3 Å². The maximum atomic E-state index is 3.70. The first-order valence-electron chi connectivity index (χ1n) is 7.11. The normalized spacial score (nSPS) is 22.0. The lowest BCUT2D eigenvalue weighted by atomic mass is 9.83. The Hall–Kier alpha value is -1.60. The lowest BCUT2D eigenvalue weighted by Gasteiger charge is -2.33. The molecule has 3 rings (SSSR count). The third-order valence-electron chi connectivity index (χ3n) is 4.25. The van der Waals surface area contributed by atoms with Gasteiger partial charge in [0.1, 0.15) is 0 Å². The predicted molar refractivity (Wildman–Crippen MR) is 80.4 cm³/mol. The van der Waals surface area contributed by atoms with Gasteiger partial charge in [0.2, 0.25) is 0 Å². The van der Waals surface area contributed by atoms with Crippen molar-refractivity contribution in [2.45, 2.75) is 38.8 Å². The fourth-order valence-electron chi connectivity index (χ4n) is 3.08. The molecule has 0 spiro atoms. The van der Waals surface area contributed by atoms with Crippen LogP contribution in [0.5, 0.6) is 0 Å². The molecule has 0 radical (unpaired) electrons. The Kier molecular flexibility index (Phi) is 3.39. The Bertz CT molecular complexity index is 559. The number of fused-ring (bicyclic) bond motifs is 1. The molecule has 0 aliphatic carbocycles. The molecule has 2 aromatic carbocycles. The van der Waals surface area contributed by atoms with Crippen molar-refractivity contribution in [3.8, 4) is 0 Å². The van der Waals surface area contributed by atoms with Gasteiger partial charge in [-0.05, 0) is 36.0 Å². The number of aryl methyl sites for hydroxylation is 1. The average Bonchev–Trinajstić information content (AvgIpc) is 2.43. The van der Waals surface area contributed by atoms with E-state index in [0.29, 0.717) is 12.0 Å². The minimum atomic E-state index is 0.539. The van der Waals surface area contributed by atoms with E-state index in [-0.39, 0.29) is 0 Å². The Morgan fingerprint density at radius 2 is 1.89 bits per heavy atom. The van der Waals surface area contributed by atoms with E-state index in [0.717, 1.165) is 13.0 Å². The van der Waals surface area contributed by atoms with E-state index in [1.807, 2.05) is 0 Å². The number of rotatable bonds is 2. The van der Waals surface area contributed by atoms with Crippen LogP contribution in [0.4, 0.5) is 0 Å². The third kappa shape index (κ3) is 2.57. The van der Waals surface area contributed by atoms with Crippen molar-refractivity contribution < 1.29 is 0 Å². The largest absolute Gasteiger partial charge is 0.309 e. The lowest BCUT2D eigenvalue weighted by molar-refractivity contribution is 0.417. The van der Waals surface area contributed by atoms with Crippen molar-refractivity contribution in [2.24, 2.45) is 0 Å². The highest BCUT2D eigenvalue weighted by atomic mass is 14.9. The zero-order valence-electron chi connectivity index (χ0n) is 11.7. The summed E-state index contributed by atoms with van der Waals surface area (Å²) in [5.74, 6) is 0.574. The zero-order valence-corrected chi connectivity index (χ0v) is 11.7. The molecule has 2 unspecified atom stereocenters. The Labute approximate surface area is 115 Å². The van der Waals surface area contributed by atoms with Crippen LogP contribution < -0.4 is 5.32 Å². The quantitative estimate of drug-likeness (QED) is 0.855. The molecule has 19 heavy (non-hydrogen) atoms. The molecule has 1 N–H and O–H groups in total. The summed E-state index contributed by atoms with van der Waals surface area (Å²) in [5, 5.41) is 3.70. The Morgan fingerprint density at radius 3 is 2.68 bits per heavy atom. The summed E-state index contributed by atoms with van der Waals surface area (Å²) in [6, 6.07) is 18.2. The first-order valence-corrected chi connectivity index (χ1v) is 7.11. The van der Waals surface area contributed by atoms with E-state index in [4.69, 9.17) is 0 Å². The molecule has 2 aromatic rings. The molecule has 1 heteroatoms. The van der Waals surface area contributed by atoms with Gasteiger partial charge in [-0.25, -0.2) is 0 Å². The van der Waals surface area contributed by atoms with Gasteiger partial charge in [0, 0.05) is 12.6 Å². The molecule has 2 atom stereocenters. The summed E-state index contributed by atoms with van der Waals surface area (Å²) in [6.45, 7) is 5.51. The zero-order chi connectivity index (χ0) is 13.2. The Balaban J connectivity index is 1.82. The van der Waals surface area contributed by atoms with E-state index < -0.39 is 0 Å². The van der Waals surface area contributed by atoms with Crippen molar-refractivity contribution in [3.05, 3.63) is 70.8 Å². The topological polar surface area (TPSA) is 12.0 Å². The number of nitrogens with one attached hydrogen (secondary N) is 1. The fraction of sp³-hybridized carbons (Fsp3) is 0.333. The molecule has 0 saturated heterocycles. The van der Waals surface area contributed by atoms with Gasteiger partial charge in [-0.3, -0.25) is 0 Å². The van der Waals surface area contributed by atoms with Crippen LogP contribution in [0, 0.1) is 6.92 Å². The highest BCUT2D eigenvalue weighted by Gasteiger charge is 2.25. The maximum Gasteiger partial charge on any atom is 0.0211 e. The van der Waals surface area contributed by atoms with Gasteiger partial charge in [-0.2, -0.15) is 0 Å². The van der Waals surface area contributed by atoms with Gasteiger partial charge in [0.05, 0.1) is 0 Å². The molecule has 0 amide bonds. The molecular weight excluding hydrogens is 230 g/mol. The van der Waals surface area contributed by atoms with Crippen molar-refractivity contribution in [1.82, 2.24) is 5.32 Å². The van der Waals surface area contributed by atoms with Crippen molar-refractivity contribution in [2.75, 3.05) is 0 Å². The second-order valence-electron chi connectivity index (χ2n) is 5.67. The lowest BCUT2D eigenvalue weighted by Crippen LogP contribution is -2.39. The van der Waals surface area contributed by atoms with E-state index >= 15 is 0 Å². The minimum Gasteiger partial charge on any atom is -0.309 e. The molecule has 1 heterocycles. The second kappa shape index (κ2) is 5.18. The molecule has 1 aliphatic rings. The van der Waals surface area contributed by atoms with E-state index in [2.05, 4.69) is 67.7 Å². The van der Waals surface area contributed by atoms with Crippen LogP contribution in [0.2, 0.25) is 0 Å². The molecule has 0 saturated carbocycles. The van der Waals surface area contributed by atoms with Crippen molar-refractivity contribution in [3.63, 3.8) is 0 Å². The van der Waals surface area contributed by atoms with Crippen LogP contribution >= 0.6 is 0 Å². The molecule has 0 aromatic heterocycles. The maximum absolute atomic E-state index is 3.70. The van der Waals surface area contributed by atoms with Gasteiger partial charge >= 0.3 is 0 Å². The molecule has 0 bridgehead atoms. The van der Waals surface area contributed by atoms with Gasteiger partial charge in [-0.15, -0.1) is 0 Å². The highest BCUT2D eigenvalue weighted by Crippen LogP contribution is 2.29. The van der Waals surface area contributed by atoms with E-state index in [1.54, 1.807) is 0 Å². The monoisotopic (exact) mass is 251 g/mol. The fourth-order valence-corrected chi connectivity index (χ4v) is 3.08. The first kappa shape index (κ1) is 12.4. The summed E-state index contributed by atoms with van der Waals surface area (Å²) < 4.78 is 0. The van der Waals surface area contributed by atoms with Gasteiger partial charge in [0.15, 0.2) is 0 Å². The van der Waals surface area contributed by atoms with Crippen LogP contribution in [0.1, 0.15) is 35.1 Å². The molecule has 1 aliphatic heterocycles. The number of hydrogen-bond donors (Lipinski definition) is 1. The Morgan fingerprint density at radius 1 is 1.11 bits per heavy atom. The summed E-state index contributed by atoms with van der Waals surface area (Å²) in [4.78, 5) is 0. The average molecular weight is 251 g/mol. The van der Waals surface area contributed by atoms with E-state index in [9.17, 15) is 0 Å². The van der Waals surface area contributed by atoms with Gasteiger partial charge in [-0.1, -0.05) is 61.0 Å².